The Morgan fingerprint density at radius 2 is 1.72 bits per heavy atom. The Hall–Kier alpha value is -1.87. The smallest absolute Gasteiger partial charge is 0.129 e. The van der Waals surface area contributed by atoms with Crippen molar-refractivity contribution in [2.75, 3.05) is 5.73 Å². The zero-order valence-corrected chi connectivity index (χ0v) is 10.9. The quantitative estimate of drug-likeness (QED) is 0.851. The van der Waals surface area contributed by atoms with Gasteiger partial charge < -0.3 is 10.8 Å². The lowest BCUT2D eigenvalue weighted by Crippen LogP contribution is -2.07. The van der Waals surface area contributed by atoms with Crippen LogP contribution in [0.2, 0.25) is 0 Å². The number of anilines is 1. The highest BCUT2D eigenvalue weighted by Gasteiger charge is 2.16. The molecule has 3 heteroatoms. The molecule has 1 unspecified atom stereocenters. The van der Waals surface area contributed by atoms with E-state index >= 15 is 0 Å². The lowest BCUT2D eigenvalue weighted by atomic mass is 9.95. The van der Waals surface area contributed by atoms with Crippen molar-refractivity contribution >= 4 is 5.82 Å². The summed E-state index contributed by atoms with van der Waals surface area (Å²) in [5.41, 5.74) is 10.6. The van der Waals surface area contributed by atoms with E-state index in [0.29, 0.717) is 11.4 Å². The third kappa shape index (κ3) is 2.36. The van der Waals surface area contributed by atoms with E-state index < -0.39 is 6.10 Å². The van der Waals surface area contributed by atoms with Gasteiger partial charge in [-0.15, -0.1) is 0 Å². The van der Waals surface area contributed by atoms with Crippen LogP contribution in [-0.2, 0) is 0 Å². The van der Waals surface area contributed by atoms with Gasteiger partial charge in [0.15, 0.2) is 0 Å². The van der Waals surface area contributed by atoms with E-state index in [4.69, 9.17) is 5.73 Å². The van der Waals surface area contributed by atoms with Crippen LogP contribution < -0.4 is 5.73 Å². The van der Waals surface area contributed by atoms with Crippen molar-refractivity contribution in [3.63, 3.8) is 0 Å². The maximum atomic E-state index is 10.5. The van der Waals surface area contributed by atoms with Crippen LogP contribution in [0.15, 0.2) is 30.5 Å². The van der Waals surface area contributed by atoms with E-state index in [1.165, 1.54) is 0 Å². The van der Waals surface area contributed by atoms with E-state index in [0.717, 1.165) is 22.3 Å². The van der Waals surface area contributed by atoms with Gasteiger partial charge in [-0.25, -0.2) is 4.98 Å². The zero-order valence-electron chi connectivity index (χ0n) is 10.9. The van der Waals surface area contributed by atoms with E-state index in [1.807, 2.05) is 45.0 Å². The van der Waals surface area contributed by atoms with Crippen LogP contribution >= 0.6 is 0 Å². The van der Waals surface area contributed by atoms with Gasteiger partial charge in [0.1, 0.15) is 11.9 Å². The maximum Gasteiger partial charge on any atom is 0.129 e. The number of benzene rings is 1. The molecule has 2 rings (SSSR count). The second kappa shape index (κ2) is 4.78. The molecule has 2 aromatic rings. The number of nitrogen functional groups attached to an aromatic ring is 1. The summed E-state index contributed by atoms with van der Waals surface area (Å²) in [5, 5.41) is 10.5. The number of aromatic nitrogens is 1. The topological polar surface area (TPSA) is 59.1 Å². The summed E-state index contributed by atoms with van der Waals surface area (Å²) in [6.45, 7) is 5.93. The molecule has 0 aliphatic heterocycles. The van der Waals surface area contributed by atoms with Crippen molar-refractivity contribution in [1.29, 1.82) is 0 Å². The number of aliphatic hydroxyl groups excluding tert-OH is 1. The molecule has 0 bridgehead atoms. The molecule has 1 atom stereocenters. The molecule has 0 spiro atoms. The maximum absolute atomic E-state index is 10.5. The highest BCUT2D eigenvalue weighted by atomic mass is 16.3. The number of nitrogens with zero attached hydrogens (tertiary/aromatic N) is 1. The minimum absolute atomic E-state index is 0.383. The van der Waals surface area contributed by atoms with Gasteiger partial charge in [-0.05, 0) is 43.5 Å². The number of rotatable bonds is 2. The first-order chi connectivity index (χ1) is 8.49. The monoisotopic (exact) mass is 242 g/mol. The fourth-order valence-electron chi connectivity index (χ4n) is 2.04. The van der Waals surface area contributed by atoms with Crippen molar-refractivity contribution in [3.05, 3.63) is 58.3 Å². The van der Waals surface area contributed by atoms with Crippen molar-refractivity contribution in [2.45, 2.75) is 26.9 Å². The largest absolute Gasteiger partial charge is 0.384 e. The molecular weight excluding hydrogens is 224 g/mol. The Balaban J connectivity index is 2.50. The standard InChI is InChI=1S/C15H18N2O/c1-9-4-5-11(3)12(6-9)14(18)13-7-10(2)8-17-15(13)16/h4-8,14,18H,1-3H3,(H2,16,17). The second-order valence-electron chi connectivity index (χ2n) is 4.75. The molecule has 0 saturated heterocycles. The van der Waals surface area contributed by atoms with Gasteiger partial charge in [0.2, 0.25) is 0 Å². The van der Waals surface area contributed by atoms with Gasteiger partial charge >= 0.3 is 0 Å². The lowest BCUT2D eigenvalue weighted by Gasteiger charge is -2.16. The zero-order chi connectivity index (χ0) is 13.3. The summed E-state index contributed by atoms with van der Waals surface area (Å²) in [4.78, 5) is 4.10. The fraction of sp³-hybridized carbons (Fsp3) is 0.267. The van der Waals surface area contributed by atoms with Gasteiger partial charge in [0, 0.05) is 11.8 Å². The van der Waals surface area contributed by atoms with Gasteiger partial charge in [-0.1, -0.05) is 23.8 Å². The number of aliphatic hydroxyl groups is 1. The number of pyridine rings is 1. The number of hydrogen-bond acceptors (Lipinski definition) is 3. The van der Waals surface area contributed by atoms with Crippen LogP contribution in [0.4, 0.5) is 5.82 Å². The van der Waals surface area contributed by atoms with E-state index in [2.05, 4.69) is 4.98 Å². The summed E-state index contributed by atoms with van der Waals surface area (Å²) < 4.78 is 0. The Morgan fingerprint density at radius 1 is 1.06 bits per heavy atom. The van der Waals surface area contributed by atoms with Crippen molar-refractivity contribution in [1.82, 2.24) is 4.98 Å². The van der Waals surface area contributed by atoms with Gasteiger partial charge in [-0.2, -0.15) is 0 Å². The molecule has 3 nitrogen and oxygen atoms in total. The highest BCUT2D eigenvalue weighted by Crippen LogP contribution is 2.28. The summed E-state index contributed by atoms with van der Waals surface area (Å²) in [6, 6.07) is 7.91. The van der Waals surface area contributed by atoms with Gasteiger partial charge in [0.25, 0.3) is 0 Å². The average molecular weight is 242 g/mol. The SMILES string of the molecule is Cc1ccc(C)c(C(O)c2cc(C)cnc2N)c1. The van der Waals surface area contributed by atoms with Crippen LogP contribution in [0.25, 0.3) is 0 Å². The van der Waals surface area contributed by atoms with Crippen molar-refractivity contribution < 1.29 is 5.11 Å². The Bertz CT molecular complexity index is 527. The molecular formula is C15H18N2O. The van der Waals surface area contributed by atoms with Gasteiger partial charge in [-0.3, -0.25) is 0 Å². The van der Waals surface area contributed by atoms with Crippen LogP contribution in [0.3, 0.4) is 0 Å². The minimum atomic E-state index is -0.725. The molecule has 94 valence electrons. The third-order valence-electron chi connectivity index (χ3n) is 3.11. The van der Waals surface area contributed by atoms with Crippen LogP contribution in [0.5, 0.6) is 0 Å². The summed E-state index contributed by atoms with van der Waals surface area (Å²) in [5.74, 6) is 0.383. The first-order valence-corrected chi connectivity index (χ1v) is 5.96. The van der Waals surface area contributed by atoms with Crippen LogP contribution in [0, 0.1) is 20.8 Å². The predicted molar refractivity (Wildman–Crippen MR) is 73.4 cm³/mol. The molecule has 1 aromatic carbocycles. The normalized spacial score (nSPS) is 12.4. The molecule has 0 aliphatic rings. The molecule has 0 saturated carbocycles. The number of hydrogen-bond donors (Lipinski definition) is 2. The van der Waals surface area contributed by atoms with Crippen molar-refractivity contribution in [2.24, 2.45) is 0 Å². The molecule has 0 aliphatic carbocycles. The molecule has 1 heterocycles. The van der Waals surface area contributed by atoms with E-state index in [-0.39, 0.29) is 0 Å². The molecule has 1 aromatic heterocycles. The molecule has 0 fully saturated rings. The summed E-state index contributed by atoms with van der Waals surface area (Å²) in [7, 11) is 0. The second-order valence-corrected chi connectivity index (χ2v) is 4.75. The lowest BCUT2D eigenvalue weighted by molar-refractivity contribution is 0.220. The molecule has 3 N–H and O–H groups in total. The Labute approximate surface area is 107 Å². The van der Waals surface area contributed by atoms with E-state index in [9.17, 15) is 5.11 Å². The van der Waals surface area contributed by atoms with Gasteiger partial charge in [0.05, 0.1) is 0 Å². The first kappa shape index (κ1) is 12.6. The Morgan fingerprint density at radius 3 is 2.44 bits per heavy atom. The van der Waals surface area contributed by atoms with Crippen molar-refractivity contribution in [3.8, 4) is 0 Å². The van der Waals surface area contributed by atoms with Crippen LogP contribution in [0.1, 0.15) is 33.9 Å². The summed E-state index contributed by atoms with van der Waals surface area (Å²) in [6.07, 6.45) is 0.978. The third-order valence-corrected chi connectivity index (χ3v) is 3.11. The van der Waals surface area contributed by atoms with E-state index in [1.54, 1.807) is 6.20 Å². The highest BCUT2D eigenvalue weighted by molar-refractivity contribution is 5.48. The minimum Gasteiger partial charge on any atom is -0.384 e. The first-order valence-electron chi connectivity index (χ1n) is 5.96. The summed E-state index contributed by atoms with van der Waals surface area (Å²) >= 11 is 0. The average Bonchev–Trinajstić information content (AvgIpc) is 2.34. The number of aryl methyl sites for hydroxylation is 3. The molecule has 0 radical (unpaired) electrons. The Kier molecular flexibility index (Phi) is 3.34. The molecule has 0 amide bonds. The number of nitrogens with two attached hydrogens (primary N) is 1. The predicted octanol–water partition coefficient (Wildman–Crippen LogP) is 2.67. The molecule has 18 heavy (non-hydrogen) atoms. The fourth-order valence-corrected chi connectivity index (χ4v) is 2.04. The van der Waals surface area contributed by atoms with Crippen LogP contribution in [-0.4, -0.2) is 10.1 Å².